The van der Waals surface area contributed by atoms with Crippen molar-refractivity contribution in [2.24, 2.45) is 11.3 Å². The zero-order chi connectivity index (χ0) is 18.0. The minimum Gasteiger partial charge on any atom is -0.299 e. The molecule has 0 aromatic heterocycles. The Morgan fingerprint density at radius 3 is 2.58 bits per heavy atom. The quantitative estimate of drug-likeness (QED) is 0.522. The maximum absolute atomic E-state index is 12.9. The number of unbranched alkanes of at least 4 members (excludes halogenated alkanes) is 1. The second-order valence-corrected chi connectivity index (χ2v) is 8.19. The van der Waals surface area contributed by atoms with Gasteiger partial charge in [0.2, 0.25) is 0 Å². The van der Waals surface area contributed by atoms with Gasteiger partial charge in [-0.15, -0.1) is 0 Å². The third-order valence-electron chi connectivity index (χ3n) is 6.30. The van der Waals surface area contributed by atoms with Gasteiger partial charge in [0.15, 0.2) is 0 Å². The van der Waals surface area contributed by atoms with Crippen molar-refractivity contribution in [3.05, 3.63) is 76.8 Å². The van der Waals surface area contributed by atoms with E-state index in [9.17, 15) is 4.79 Å². The van der Waals surface area contributed by atoms with Crippen LogP contribution in [0.5, 0.6) is 0 Å². The van der Waals surface area contributed by atoms with Crippen molar-refractivity contribution in [3.8, 4) is 0 Å². The van der Waals surface area contributed by atoms with Crippen LogP contribution in [0.3, 0.4) is 0 Å². The highest BCUT2D eigenvalue weighted by molar-refractivity contribution is 6.30. The van der Waals surface area contributed by atoms with E-state index >= 15 is 0 Å². The van der Waals surface area contributed by atoms with E-state index in [0.717, 1.165) is 37.1 Å². The van der Waals surface area contributed by atoms with Crippen LogP contribution in [0.2, 0.25) is 5.02 Å². The number of ketones is 1. The Balaban J connectivity index is 1.42. The first-order valence-electron chi connectivity index (χ1n) is 9.72. The number of hydrogen-bond donors (Lipinski definition) is 0. The molecule has 0 aliphatic heterocycles. The summed E-state index contributed by atoms with van der Waals surface area (Å²) in [6.45, 7) is 0. The van der Waals surface area contributed by atoms with Gasteiger partial charge < -0.3 is 0 Å². The van der Waals surface area contributed by atoms with E-state index in [1.807, 2.05) is 18.2 Å². The van der Waals surface area contributed by atoms with Gasteiger partial charge in [0.1, 0.15) is 5.78 Å². The number of carbonyl (C=O) groups is 1. The van der Waals surface area contributed by atoms with Crippen LogP contribution in [0.25, 0.3) is 6.08 Å². The number of hydrogen-bond acceptors (Lipinski definition) is 1. The average molecular weight is 365 g/mol. The summed E-state index contributed by atoms with van der Waals surface area (Å²) in [7, 11) is 0. The zero-order valence-corrected chi connectivity index (χ0v) is 15.8. The second-order valence-electron chi connectivity index (χ2n) is 7.75. The molecular weight excluding hydrogens is 340 g/mol. The third kappa shape index (κ3) is 3.14. The molecule has 0 heterocycles. The molecule has 0 N–H and O–H groups in total. The Kier molecular flexibility index (Phi) is 5.00. The van der Waals surface area contributed by atoms with E-state index in [1.165, 1.54) is 17.5 Å². The molecule has 4 rings (SSSR count). The summed E-state index contributed by atoms with van der Waals surface area (Å²) < 4.78 is 0. The summed E-state index contributed by atoms with van der Waals surface area (Å²) in [5, 5.41) is 0.768. The van der Waals surface area contributed by atoms with Crippen LogP contribution < -0.4 is 0 Å². The van der Waals surface area contributed by atoms with Crippen LogP contribution in [-0.4, -0.2) is 5.78 Å². The monoisotopic (exact) mass is 364 g/mol. The van der Waals surface area contributed by atoms with E-state index in [-0.39, 0.29) is 11.3 Å². The van der Waals surface area contributed by atoms with Crippen molar-refractivity contribution in [2.45, 2.75) is 44.4 Å². The van der Waals surface area contributed by atoms with Crippen LogP contribution in [0.4, 0.5) is 0 Å². The third-order valence-corrected chi connectivity index (χ3v) is 6.55. The Labute approximate surface area is 161 Å². The lowest BCUT2D eigenvalue weighted by Gasteiger charge is -2.58. The smallest absolute Gasteiger partial charge is 0.143 e. The molecule has 1 nitrogen and oxygen atoms in total. The van der Waals surface area contributed by atoms with Gasteiger partial charge in [-0.05, 0) is 55.4 Å². The number of Topliss-reactive ketones (excluding diaryl/α,β-unsaturated/α-hetero) is 1. The van der Waals surface area contributed by atoms with E-state index in [1.54, 1.807) is 0 Å². The molecule has 0 amide bonds. The maximum atomic E-state index is 12.9. The standard InChI is InChI=1S/C24H25ClO/c25-20-14-12-19(13-15-20)22-21-11-7-17-24(22,23(21)26)16-6-2-5-10-18-8-3-1-4-9-18/h1,3-5,8-10,12-15,21-22H,2,6-7,11,16-17H2/b10-5+/t21-,22+,24+/m0/s1. The molecule has 26 heavy (non-hydrogen) atoms. The van der Waals surface area contributed by atoms with Gasteiger partial charge >= 0.3 is 0 Å². The molecule has 2 saturated carbocycles. The lowest BCUT2D eigenvalue weighted by molar-refractivity contribution is -0.158. The Morgan fingerprint density at radius 2 is 1.85 bits per heavy atom. The molecule has 2 aliphatic rings. The van der Waals surface area contributed by atoms with Crippen molar-refractivity contribution in [2.75, 3.05) is 0 Å². The van der Waals surface area contributed by atoms with Crippen LogP contribution in [0.1, 0.15) is 55.6 Å². The fraction of sp³-hybridized carbons (Fsp3) is 0.375. The molecule has 0 saturated heterocycles. The predicted octanol–water partition coefficient (Wildman–Crippen LogP) is 6.68. The minimum absolute atomic E-state index is 0.114. The normalized spacial score (nSPS) is 27.5. The number of halogens is 1. The first kappa shape index (κ1) is 17.5. The summed E-state index contributed by atoms with van der Waals surface area (Å²) >= 11 is 6.06. The fourth-order valence-corrected chi connectivity index (χ4v) is 5.25. The summed E-state index contributed by atoms with van der Waals surface area (Å²) in [5.41, 5.74) is 2.43. The van der Waals surface area contributed by atoms with Crippen LogP contribution in [0, 0.1) is 11.3 Å². The van der Waals surface area contributed by atoms with Crippen LogP contribution >= 0.6 is 11.6 Å². The Bertz CT molecular complexity index is 793. The number of carbonyl (C=O) groups excluding carboxylic acids is 1. The highest BCUT2D eigenvalue weighted by Crippen LogP contribution is 2.64. The van der Waals surface area contributed by atoms with Crippen LogP contribution in [0.15, 0.2) is 60.7 Å². The van der Waals surface area contributed by atoms with Crippen LogP contribution in [-0.2, 0) is 4.79 Å². The molecule has 2 aromatic rings. The lowest BCUT2D eigenvalue weighted by Crippen LogP contribution is -2.58. The summed E-state index contributed by atoms with van der Waals surface area (Å²) in [6, 6.07) is 18.6. The van der Waals surface area contributed by atoms with Crippen molar-refractivity contribution in [3.63, 3.8) is 0 Å². The van der Waals surface area contributed by atoms with Gasteiger partial charge in [0, 0.05) is 22.3 Å². The molecule has 134 valence electrons. The van der Waals surface area contributed by atoms with E-state index < -0.39 is 0 Å². The van der Waals surface area contributed by atoms with Gasteiger partial charge in [-0.25, -0.2) is 0 Å². The molecule has 0 radical (unpaired) electrons. The molecule has 2 aromatic carbocycles. The Morgan fingerprint density at radius 1 is 1.08 bits per heavy atom. The van der Waals surface area contributed by atoms with Crippen molar-refractivity contribution in [1.29, 1.82) is 0 Å². The number of rotatable bonds is 6. The van der Waals surface area contributed by atoms with Crippen molar-refractivity contribution in [1.82, 2.24) is 0 Å². The van der Waals surface area contributed by atoms with Crippen molar-refractivity contribution < 1.29 is 4.79 Å². The van der Waals surface area contributed by atoms with Gasteiger partial charge in [-0.1, -0.05) is 72.6 Å². The van der Waals surface area contributed by atoms with Gasteiger partial charge in [0.05, 0.1) is 0 Å². The largest absolute Gasteiger partial charge is 0.299 e. The molecule has 2 aliphatic carbocycles. The molecule has 0 unspecified atom stereocenters. The topological polar surface area (TPSA) is 17.1 Å². The van der Waals surface area contributed by atoms with Gasteiger partial charge in [0.25, 0.3) is 0 Å². The summed E-state index contributed by atoms with van der Waals surface area (Å²) in [6.07, 6.45) is 10.8. The predicted molar refractivity (Wildman–Crippen MR) is 108 cm³/mol. The number of allylic oxidation sites excluding steroid dienone is 1. The minimum atomic E-state index is -0.114. The first-order valence-corrected chi connectivity index (χ1v) is 10.1. The summed E-state index contributed by atoms with van der Waals surface area (Å²) in [5.74, 6) is 1.17. The Hall–Kier alpha value is -1.86. The molecule has 2 bridgehead atoms. The highest BCUT2D eigenvalue weighted by atomic mass is 35.5. The molecule has 0 spiro atoms. The van der Waals surface area contributed by atoms with Gasteiger partial charge in [-0.2, -0.15) is 0 Å². The molecule has 2 heteroatoms. The molecule has 3 atom stereocenters. The van der Waals surface area contributed by atoms with Gasteiger partial charge in [-0.3, -0.25) is 4.79 Å². The fourth-order valence-electron chi connectivity index (χ4n) is 5.12. The molecule has 2 fully saturated rings. The summed E-state index contributed by atoms with van der Waals surface area (Å²) in [4.78, 5) is 12.9. The zero-order valence-electron chi connectivity index (χ0n) is 15.0. The van der Waals surface area contributed by atoms with Crippen molar-refractivity contribution >= 4 is 23.5 Å². The first-order chi connectivity index (χ1) is 12.7. The molecular formula is C24H25ClO. The average Bonchev–Trinajstić information content (AvgIpc) is 2.69. The lowest BCUT2D eigenvalue weighted by atomic mass is 9.43. The van der Waals surface area contributed by atoms with E-state index in [0.29, 0.717) is 11.7 Å². The highest BCUT2D eigenvalue weighted by Gasteiger charge is 2.62. The second kappa shape index (κ2) is 7.40. The number of fused-ring (bicyclic) bond motifs is 2. The van der Waals surface area contributed by atoms with E-state index in [2.05, 4.69) is 48.6 Å². The SMILES string of the molecule is O=C1[C@H]2CCC[C@]1(CCC/C=C/c1ccccc1)[C@@H]2c1ccc(Cl)cc1. The maximum Gasteiger partial charge on any atom is 0.143 e. The number of benzene rings is 2. The van der Waals surface area contributed by atoms with E-state index in [4.69, 9.17) is 11.6 Å².